The average Bonchev–Trinajstić information content (AvgIpc) is 3.69. The first-order valence-electron chi connectivity index (χ1n) is 11.6. The van der Waals surface area contributed by atoms with Crippen molar-refractivity contribution in [1.82, 2.24) is 20.0 Å². The van der Waals surface area contributed by atoms with Gasteiger partial charge in [-0.25, -0.2) is 8.78 Å². The van der Waals surface area contributed by atoms with Crippen LogP contribution in [0, 0.1) is 17.6 Å². The Labute approximate surface area is 199 Å². The van der Waals surface area contributed by atoms with E-state index in [0.717, 1.165) is 12.5 Å². The van der Waals surface area contributed by atoms with E-state index in [1.807, 2.05) is 0 Å². The normalized spacial score (nSPS) is 26.5. The number of nitrogens with two attached hydrogens (primary N) is 1. The van der Waals surface area contributed by atoms with Gasteiger partial charge in [0.15, 0.2) is 5.69 Å². The summed E-state index contributed by atoms with van der Waals surface area (Å²) in [6, 6.07) is 9.67. The third-order valence-corrected chi connectivity index (χ3v) is 7.35. The summed E-state index contributed by atoms with van der Waals surface area (Å²) in [5.74, 6) is -2.37. The van der Waals surface area contributed by atoms with Crippen molar-refractivity contribution in [3.05, 3.63) is 65.4 Å². The molecule has 6 rings (SSSR count). The quantitative estimate of drug-likeness (QED) is 0.564. The van der Waals surface area contributed by atoms with Crippen molar-refractivity contribution in [2.75, 3.05) is 0 Å². The van der Waals surface area contributed by atoms with Crippen LogP contribution in [0.4, 0.5) is 8.78 Å². The Bertz CT molecular complexity index is 1390. The number of halogens is 2. The highest BCUT2D eigenvalue weighted by molar-refractivity contribution is 6.04. The van der Waals surface area contributed by atoms with Crippen LogP contribution in [0.3, 0.4) is 0 Å². The van der Waals surface area contributed by atoms with Crippen molar-refractivity contribution in [3.63, 3.8) is 0 Å². The van der Waals surface area contributed by atoms with Crippen LogP contribution in [0.5, 0.6) is 0 Å². The number of aromatic nitrogens is 2. The molecule has 0 radical (unpaired) electrons. The summed E-state index contributed by atoms with van der Waals surface area (Å²) >= 11 is 0. The molecule has 0 spiro atoms. The lowest BCUT2D eigenvalue weighted by molar-refractivity contribution is -0.140. The van der Waals surface area contributed by atoms with Gasteiger partial charge >= 0.3 is 0 Å². The minimum atomic E-state index is -0.676. The Hall–Kier alpha value is -3.82. The number of hydrogen-bond donors (Lipinski definition) is 2. The maximum absolute atomic E-state index is 14.1. The van der Waals surface area contributed by atoms with Gasteiger partial charge in [-0.2, -0.15) is 5.10 Å². The number of amides is 3. The molecule has 2 aromatic carbocycles. The van der Waals surface area contributed by atoms with E-state index in [0.29, 0.717) is 29.3 Å². The number of nitrogens with zero attached hydrogens (tertiary/aromatic N) is 3. The second kappa shape index (κ2) is 7.86. The number of rotatable bonds is 6. The molecule has 5 atom stereocenters. The summed E-state index contributed by atoms with van der Waals surface area (Å²) in [5, 5.41) is 7.77. The number of hydrogen-bond acceptors (Lipinski definition) is 4. The van der Waals surface area contributed by atoms with Gasteiger partial charge in [-0.3, -0.25) is 19.1 Å². The number of piperidine rings is 1. The van der Waals surface area contributed by atoms with E-state index in [-0.39, 0.29) is 48.0 Å². The molecule has 3 N–H and O–H groups in total. The van der Waals surface area contributed by atoms with Crippen molar-refractivity contribution in [2.24, 2.45) is 11.7 Å². The molecule has 1 aliphatic heterocycles. The molecule has 3 aromatic rings. The number of para-hydroxylation sites is 1. The summed E-state index contributed by atoms with van der Waals surface area (Å²) in [6.45, 7) is -0.117. The van der Waals surface area contributed by atoms with E-state index in [1.54, 1.807) is 29.2 Å². The van der Waals surface area contributed by atoms with E-state index < -0.39 is 23.6 Å². The van der Waals surface area contributed by atoms with Gasteiger partial charge in [0.1, 0.15) is 24.2 Å². The zero-order valence-electron chi connectivity index (χ0n) is 18.7. The largest absolute Gasteiger partial charge is 0.364 e. The Kier molecular flexibility index (Phi) is 4.87. The Balaban J connectivity index is 1.17. The second-order valence-electron chi connectivity index (χ2n) is 9.63. The maximum atomic E-state index is 14.1. The number of fused-ring (bicyclic) bond motifs is 2. The monoisotopic (exact) mass is 479 g/mol. The van der Waals surface area contributed by atoms with Crippen LogP contribution in [0.25, 0.3) is 10.9 Å². The molecule has 2 unspecified atom stereocenters. The zero-order valence-corrected chi connectivity index (χ0v) is 18.7. The molecule has 8 nitrogen and oxygen atoms in total. The predicted octanol–water partition coefficient (Wildman–Crippen LogP) is 2.08. The van der Waals surface area contributed by atoms with Gasteiger partial charge in [0.2, 0.25) is 11.8 Å². The van der Waals surface area contributed by atoms with Crippen LogP contribution in [0.1, 0.15) is 41.2 Å². The SMILES string of the molecule is NC(=O)c1nn(CC(=O)N2[C@@H]3C[C@@H]3C[C@H]2C(=O)NC2CC2c2ccc(F)cc2F)c2ccccc12. The highest BCUT2D eigenvalue weighted by Gasteiger charge is 2.56. The van der Waals surface area contributed by atoms with Crippen molar-refractivity contribution >= 4 is 28.6 Å². The number of likely N-dealkylation sites (tertiary alicyclic amines) is 1. The van der Waals surface area contributed by atoms with Gasteiger partial charge in [-0.1, -0.05) is 24.3 Å². The molecular weight excluding hydrogens is 456 g/mol. The van der Waals surface area contributed by atoms with Crippen LogP contribution in [0.15, 0.2) is 42.5 Å². The molecule has 3 amide bonds. The van der Waals surface area contributed by atoms with Crippen molar-refractivity contribution in [3.8, 4) is 0 Å². The van der Waals surface area contributed by atoms with Crippen LogP contribution >= 0.6 is 0 Å². The van der Waals surface area contributed by atoms with Gasteiger partial charge in [0.25, 0.3) is 5.91 Å². The van der Waals surface area contributed by atoms with Crippen molar-refractivity contribution in [2.45, 2.75) is 49.9 Å². The van der Waals surface area contributed by atoms with Gasteiger partial charge in [0, 0.05) is 29.5 Å². The molecule has 10 heteroatoms. The number of primary amides is 1. The number of carbonyl (C=O) groups excluding carboxylic acids is 3. The Morgan fingerprint density at radius 3 is 2.66 bits per heavy atom. The molecule has 2 aliphatic carbocycles. The molecule has 1 saturated heterocycles. The Morgan fingerprint density at radius 2 is 1.89 bits per heavy atom. The molecule has 2 heterocycles. The summed E-state index contributed by atoms with van der Waals surface area (Å²) in [4.78, 5) is 39.9. The predicted molar refractivity (Wildman–Crippen MR) is 121 cm³/mol. The molecule has 35 heavy (non-hydrogen) atoms. The number of benzene rings is 2. The fourth-order valence-corrected chi connectivity index (χ4v) is 5.47. The fraction of sp³-hybridized carbons (Fsp3) is 0.360. The average molecular weight is 479 g/mol. The second-order valence-corrected chi connectivity index (χ2v) is 9.63. The molecule has 3 aliphatic rings. The van der Waals surface area contributed by atoms with E-state index in [1.165, 1.54) is 16.8 Å². The third kappa shape index (κ3) is 3.73. The minimum absolute atomic E-state index is 0.0141. The van der Waals surface area contributed by atoms with Gasteiger partial charge in [0.05, 0.1) is 5.52 Å². The number of carbonyl (C=O) groups is 3. The molecule has 2 saturated carbocycles. The third-order valence-electron chi connectivity index (χ3n) is 7.35. The first-order valence-corrected chi connectivity index (χ1v) is 11.6. The minimum Gasteiger partial charge on any atom is -0.364 e. The van der Waals surface area contributed by atoms with Crippen LogP contribution in [-0.4, -0.2) is 50.5 Å². The lowest BCUT2D eigenvalue weighted by Gasteiger charge is -2.27. The lowest BCUT2D eigenvalue weighted by Crippen LogP contribution is -2.49. The summed E-state index contributed by atoms with van der Waals surface area (Å²) in [7, 11) is 0. The van der Waals surface area contributed by atoms with Crippen molar-refractivity contribution < 1.29 is 23.2 Å². The molecule has 1 aromatic heterocycles. The van der Waals surface area contributed by atoms with E-state index in [2.05, 4.69) is 10.4 Å². The zero-order chi connectivity index (χ0) is 24.4. The van der Waals surface area contributed by atoms with E-state index in [9.17, 15) is 23.2 Å². The standard InChI is InChI=1S/C25H23F2N5O3/c26-13-5-6-14(17(27)9-13)16-10-18(16)29-25(35)21-8-12-7-20(12)32(21)22(33)11-31-19-4-2-1-3-15(19)23(30-31)24(28)34/h1-6,9,12,16,18,20-21H,7-8,10-11H2,(H2,28,34)(H,29,35)/t12-,16?,18?,20-,21+/m1/s1. The molecule has 180 valence electrons. The van der Waals surface area contributed by atoms with Crippen LogP contribution < -0.4 is 11.1 Å². The van der Waals surface area contributed by atoms with Crippen LogP contribution in [0.2, 0.25) is 0 Å². The first kappa shape index (κ1) is 21.7. The van der Waals surface area contributed by atoms with Crippen LogP contribution in [-0.2, 0) is 16.1 Å². The topological polar surface area (TPSA) is 110 Å². The fourth-order valence-electron chi connectivity index (χ4n) is 5.47. The molecule has 3 fully saturated rings. The molecular formula is C25H23F2N5O3. The lowest BCUT2D eigenvalue weighted by atomic mass is 10.1. The number of nitrogens with one attached hydrogen (secondary N) is 1. The summed E-state index contributed by atoms with van der Waals surface area (Å²) in [5.41, 5.74) is 6.55. The highest BCUT2D eigenvalue weighted by Crippen LogP contribution is 2.49. The van der Waals surface area contributed by atoms with Gasteiger partial charge in [-0.15, -0.1) is 0 Å². The van der Waals surface area contributed by atoms with E-state index in [4.69, 9.17) is 5.73 Å². The smallest absolute Gasteiger partial charge is 0.269 e. The van der Waals surface area contributed by atoms with Gasteiger partial charge < -0.3 is 16.0 Å². The first-order chi connectivity index (χ1) is 16.8. The highest BCUT2D eigenvalue weighted by atomic mass is 19.1. The maximum Gasteiger partial charge on any atom is 0.269 e. The summed E-state index contributed by atoms with van der Waals surface area (Å²) in [6.07, 6.45) is 2.00. The van der Waals surface area contributed by atoms with Crippen molar-refractivity contribution in [1.29, 1.82) is 0 Å². The summed E-state index contributed by atoms with van der Waals surface area (Å²) < 4.78 is 28.8. The van der Waals surface area contributed by atoms with E-state index >= 15 is 0 Å². The van der Waals surface area contributed by atoms with Gasteiger partial charge in [-0.05, 0) is 42.9 Å². The molecule has 0 bridgehead atoms. The Morgan fingerprint density at radius 1 is 1.09 bits per heavy atom.